The minimum absolute atomic E-state index is 0.0692. The number of fused-ring (bicyclic) bond motifs is 3. The van der Waals surface area contributed by atoms with Crippen LogP contribution in [0.3, 0.4) is 0 Å². The number of aromatic hydroxyl groups is 1. The molecule has 0 amide bonds. The van der Waals surface area contributed by atoms with Crippen molar-refractivity contribution in [1.82, 2.24) is 4.98 Å². The summed E-state index contributed by atoms with van der Waals surface area (Å²) in [6, 6.07) is 11.3. The molecule has 0 saturated carbocycles. The number of carbonyl (C=O) groups is 1. The third-order valence-corrected chi connectivity index (χ3v) is 5.51. The highest BCUT2D eigenvalue weighted by Gasteiger charge is 2.30. The van der Waals surface area contributed by atoms with E-state index in [1.807, 2.05) is 0 Å². The molecule has 5 rings (SSSR count). The number of rotatable bonds is 4. The van der Waals surface area contributed by atoms with Crippen LogP contribution >= 0.6 is 0 Å². The first kappa shape index (κ1) is 19.7. The highest BCUT2D eigenvalue weighted by atomic mass is 16.7. The number of ether oxygens (including phenoxy) is 3. The highest BCUT2D eigenvalue weighted by Crippen LogP contribution is 2.38. The second-order valence-electron chi connectivity index (χ2n) is 7.33. The lowest BCUT2D eigenvalue weighted by atomic mass is 9.88. The molecule has 0 saturated heterocycles. The Morgan fingerprint density at radius 3 is 2.69 bits per heavy atom. The number of aromatic amines is 1. The van der Waals surface area contributed by atoms with Crippen LogP contribution in [0.15, 0.2) is 56.5 Å². The molecule has 2 N–H and O–H groups in total. The Balaban J connectivity index is 1.76. The third-order valence-electron chi connectivity index (χ3n) is 5.51. The van der Waals surface area contributed by atoms with Crippen molar-refractivity contribution in [3.8, 4) is 17.2 Å². The van der Waals surface area contributed by atoms with E-state index in [1.54, 1.807) is 42.5 Å². The summed E-state index contributed by atoms with van der Waals surface area (Å²) in [5.41, 5.74) is -0.790. The fourth-order valence-electron chi connectivity index (χ4n) is 3.94. The second kappa shape index (κ2) is 7.45. The molecule has 9 nitrogen and oxygen atoms in total. The van der Waals surface area contributed by atoms with E-state index in [0.29, 0.717) is 22.4 Å². The van der Waals surface area contributed by atoms with Gasteiger partial charge in [0.15, 0.2) is 11.5 Å². The minimum atomic E-state index is -1.11. The summed E-state index contributed by atoms with van der Waals surface area (Å²) in [5, 5.41) is 11.8. The van der Waals surface area contributed by atoms with Crippen molar-refractivity contribution in [2.45, 2.75) is 12.3 Å². The van der Waals surface area contributed by atoms with Crippen molar-refractivity contribution in [2.24, 2.45) is 0 Å². The number of para-hydroxylation sites is 1. The van der Waals surface area contributed by atoms with Gasteiger partial charge < -0.3 is 28.7 Å². The van der Waals surface area contributed by atoms with Crippen molar-refractivity contribution in [1.29, 1.82) is 0 Å². The molecule has 2 aromatic carbocycles. The normalized spacial score (nSPS) is 13.4. The van der Waals surface area contributed by atoms with Crippen molar-refractivity contribution < 1.29 is 28.5 Å². The summed E-state index contributed by atoms with van der Waals surface area (Å²) >= 11 is 0. The highest BCUT2D eigenvalue weighted by molar-refractivity contribution is 5.86. The lowest BCUT2D eigenvalue weighted by molar-refractivity contribution is -0.140. The van der Waals surface area contributed by atoms with Crippen molar-refractivity contribution in [3.63, 3.8) is 0 Å². The van der Waals surface area contributed by atoms with Crippen LogP contribution in [-0.2, 0) is 9.53 Å². The van der Waals surface area contributed by atoms with Crippen LogP contribution in [0.5, 0.6) is 17.2 Å². The fourth-order valence-corrected chi connectivity index (χ4v) is 3.94. The van der Waals surface area contributed by atoms with Crippen molar-refractivity contribution in [2.75, 3.05) is 13.9 Å². The Kier molecular flexibility index (Phi) is 4.58. The number of benzene rings is 2. The van der Waals surface area contributed by atoms with E-state index in [4.69, 9.17) is 18.6 Å². The summed E-state index contributed by atoms with van der Waals surface area (Å²) in [4.78, 5) is 40.8. The van der Waals surface area contributed by atoms with E-state index in [1.165, 1.54) is 7.11 Å². The molecule has 1 atom stereocenters. The predicted molar refractivity (Wildman–Crippen MR) is 113 cm³/mol. The number of carbonyl (C=O) groups excluding carboxylic acids is 1. The zero-order valence-electron chi connectivity index (χ0n) is 16.8. The van der Waals surface area contributed by atoms with E-state index < -0.39 is 23.1 Å². The molecule has 2 aromatic heterocycles. The molecule has 162 valence electrons. The van der Waals surface area contributed by atoms with E-state index in [-0.39, 0.29) is 41.1 Å². The van der Waals surface area contributed by atoms with Crippen LogP contribution in [0.25, 0.3) is 21.9 Å². The summed E-state index contributed by atoms with van der Waals surface area (Å²) in [7, 11) is 1.20. The maximum absolute atomic E-state index is 13.0. The summed E-state index contributed by atoms with van der Waals surface area (Å²) < 4.78 is 20.9. The summed E-state index contributed by atoms with van der Waals surface area (Å²) in [6.45, 7) is 0.0692. The van der Waals surface area contributed by atoms with Crippen LogP contribution < -0.4 is 20.7 Å². The Hall–Kier alpha value is -4.27. The van der Waals surface area contributed by atoms with Gasteiger partial charge in [0.1, 0.15) is 11.3 Å². The topological polar surface area (TPSA) is 128 Å². The molecule has 0 bridgehead atoms. The van der Waals surface area contributed by atoms with Crippen molar-refractivity contribution >= 4 is 27.8 Å². The Labute approximate surface area is 179 Å². The van der Waals surface area contributed by atoms with Gasteiger partial charge in [-0.3, -0.25) is 9.59 Å². The van der Waals surface area contributed by atoms with Gasteiger partial charge in [-0.1, -0.05) is 12.1 Å². The standard InChI is InChI=1S/C23H17NO8/c1-29-19(25)8-13(20-21(26)12-4-2-3-5-16(12)32-23(20)28)14-6-11-7-17-18(31-10-30-17)9-15(11)24-22(14)27/h2-7,9,13,26H,8,10H2,1H3,(H,24,27)/t13-/m1/s1. The SMILES string of the molecule is COC(=O)C[C@H](c1cc2cc3c(cc2[nH]c1=O)OCO3)c1c(O)c2ccccc2oc1=O. The second-order valence-corrected chi connectivity index (χ2v) is 7.33. The quantitative estimate of drug-likeness (QED) is 0.370. The zero-order chi connectivity index (χ0) is 22.4. The average molecular weight is 435 g/mol. The number of nitrogens with one attached hydrogen (secondary N) is 1. The molecule has 0 fully saturated rings. The van der Waals surface area contributed by atoms with Gasteiger partial charge in [-0.15, -0.1) is 0 Å². The lowest BCUT2D eigenvalue weighted by Crippen LogP contribution is -2.24. The molecule has 1 aliphatic heterocycles. The largest absolute Gasteiger partial charge is 0.507 e. The van der Waals surface area contributed by atoms with Crippen LogP contribution in [0.4, 0.5) is 0 Å². The van der Waals surface area contributed by atoms with Crippen molar-refractivity contribution in [3.05, 3.63) is 74.4 Å². The zero-order valence-corrected chi connectivity index (χ0v) is 16.8. The average Bonchev–Trinajstić information content (AvgIpc) is 3.23. The van der Waals surface area contributed by atoms with E-state index in [2.05, 4.69) is 4.98 Å². The third kappa shape index (κ3) is 3.15. The molecule has 4 aromatic rings. The number of aromatic nitrogens is 1. The first-order valence-electron chi connectivity index (χ1n) is 9.74. The summed E-state index contributed by atoms with van der Waals surface area (Å²) in [6.07, 6.45) is -0.355. The van der Waals surface area contributed by atoms with Crippen LogP contribution in [0.1, 0.15) is 23.5 Å². The van der Waals surface area contributed by atoms with Gasteiger partial charge in [-0.2, -0.15) is 0 Å². The predicted octanol–water partition coefficient (Wildman–Crippen LogP) is 2.76. The summed E-state index contributed by atoms with van der Waals surface area (Å²) in [5.74, 6) is -1.11. The van der Waals surface area contributed by atoms with Gasteiger partial charge in [0.25, 0.3) is 5.56 Å². The number of hydrogen-bond acceptors (Lipinski definition) is 8. The molecule has 32 heavy (non-hydrogen) atoms. The van der Waals surface area contributed by atoms with E-state index in [0.717, 1.165) is 0 Å². The maximum atomic E-state index is 13.0. The van der Waals surface area contributed by atoms with E-state index in [9.17, 15) is 19.5 Å². The molecular formula is C23H17NO8. The first-order valence-corrected chi connectivity index (χ1v) is 9.74. The number of H-pyrrole nitrogens is 1. The Morgan fingerprint density at radius 2 is 1.91 bits per heavy atom. The van der Waals surface area contributed by atoms with Gasteiger partial charge in [0.2, 0.25) is 6.79 Å². The van der Waals surface area contributed by atoms with Crippen LogP contribution in [0.2, 0.25) is 0 Å². The Morgan fingerprint density at radius 1 is 1.16 bits per heavy atom. The van der Waals surface area contributed by atoms with Gasteiger partial charge in [0, 0.05) is 22.9 Å². The fraction of sp³-hybridized carbons (Fsp3) is 0.174. The number of hydrogen-bond donors (Lipinski definition) is 2. The van der Waals surface area contributed by atoms with Crippen LogP contribution in [0, 0.1) is 0 Å². The van der Waals surface area contributed by atoms with Gasteiger partial charge in [-0.05, 0) is 24.3 Å². The molecule has 0 spiro atoms. The smallest absolute Gasteiger partial charge is 0.343 e. The molecule has 0 radical (unpaired) electrons. The van der Waals surface area contributed by atoms with E-state index >= 15 is 0 Å². The molecular weight excluding hydrogens is 418 g/mol. The maximum Gasteiger partial charge on any atom is 0.343 e. The number of esters is 1. The van der Waals surface area contributed by atoms with Gasteiger partial charge >= 0.3 is 11.6 Å². The lowest BCUT2D eigenvalue weighted by Gasteiger charge is -2.17. The molecule has 0 aliphatic carbocycles. The number of methoxy groups -OCH3 is 1. The Bertz CT molecular complexity index is 1500. The monoisotopic (exact) mass is 435 g/mol. The molecule has 9 heteroatoms. The molecule has 0 unspecified atom stereocenters. The molecule has 3 heterocycles. The minimum Gasteiger partial charge on any atom is -0.507 e. The first-order chi connectivity index (χ1) is 15.5. The number of pyridine rings is 1. The molecule has 1 aliphatic rings. The van der Waals surface area contributed by atoms with Gasteiger partial charge in [0.05, 0.1) is 30.0 Å². The van der Waals surface area contributed by atoms with Gasteiger partial charge in [-0.25, -0.2) is 4.79 Å². The van der Waals surface area contributed by atoms with Crippen LogP contribution in [-0.4, -0.2) is 30.0 Å².